The molecule has 3 aromatic rings. The summed E-state index contributed by atoms with van der Waals surface area (Å²) >= 11 is 0. The second-order valence-corrected chi connectivity index (χ2v) is 7.39. The number of methoxy groups -OCH3 is 3. The van der Waals surface area contributed by atoms with Crippen molar-refractivity contribution in [2.75, 3.05) is 27.9 Å². The average molecular weight is 435 g/mol. The Kier molecular flexibility index (Phi) is 6.39. The van der Waals surface area contributed by atoms with Gasteiger partial charge in [0.25, 0.3) is 0 Å². The third-order valence-electron chi connectivity index (χ3n) is 5.31. The van der Waals surface area contributed by atoms with Gasteiger partial charge in [0, 0.05) is 23.6 Å². The first-order chi connectivity index (χ1) is 15.6. The van der Waals surface area contributed by atoms with Crippen molar-refractivity contribution in [1.29, 1.82) is 0 Å². The Bertz CT molecular complexity index is 1100. The number of nitrogens with zero attached hydrogens (tertiary/aromatic N) is 2. The Balaban J connectivity index is 1.35. The average Bonchev–Trinajstić information content (AvgIpc) is 3.25. The number of carbonyl (C=O) groups is 1. The van der Waals surface area contributed by atoms with Gasteiger partial charge in [0.2, 0.25) is 11.8 Å². The minimum atomic E-state index is -0.127. The molecule has 1 N–H and O–H groups in total. The van der Waals surface area contributed by atoms with Gasteiger partial charge >= 0.3 is 0 Å². The van der Waals surface area contributed by atoms with Gasteiger partial charge in [0.1, 0.15) is 23.4 Å². The van der Waals surface area contributed by atoms with Gasteiger partial charge in [0.05, 0.1) is 40.0 Å². The summed E-state index contributed by atoms with van der Waals surface area (Å²) < 4.78 is 21.7. The number of aromatic nitrogens is 2. The van der Waals surface area contributed by atoms with E-state index in [2.05, 4.69) is 21.6 Å². The van der Waals surface area contributed by atoms with Gasteiger partial charge in [-0.05, 0) is 48.0 Å². The number of ether oxygens (including phenoxy) is 4. The van der Waals surface area contributed by atoms with Gasteiger partial charge in [-0.15, -0.1) is 10.2 Å². The van der Waals surface area contributed by atoms with Crippen LogP contribution >= 0.6 is 0 Å². The first kappa shape index (κ1) is 21.4. The molecule has 1 aromatic heterocycles. The molecule has 0 unspecified atom stereocenters. The second-order valence-electron chi connectivity index (χ2n) is 7.39. The lowest BCUT2D eigenvalue weighted by Gasteiger charge is -2.13. The molecule has 1 atom stereocenters. The summed E-state index contributed by atoms with van der Waals surface area (Å²) in [6, 6.07) is 15.0. The lowest BCUT2D eigenvalue weighted by molar-refractivity contribution is -0.120. The summed E-state index contributed by atoms with van der Waals surface area (Å²) in [4.78, 5) is 12.5. The fraction of sp³-hybridized carbons (Fsp3) is 0.292. The molecule has 2 heterocycles. The Hall–Kier alpha value is -3.81. The Morgan fingerprint density at radius 2 is 1.91 bits per heavy atom. The van der Waals surface area contributed by atoms with Gasteiger partial charge in [-0.2, -0.15) is 0 Å². The van der Waals surface area contributed by atoms with Gasteiger partial charge in [-0.25, -0.2) is 0 Å². The van der Waals surface area contributed by atoms with Crippen LogP contribution in [0, 0.1) is 0 Å². The lowest BCUT2D eigenvalue weighted by atomic mass is 10.0. The maximum atomic E-state index is 12.5. The molecule has 2 aromatic carbocycles. The van der Waals surface area contributed by atoms with Crippen molar-refractivity contribution in [3.05, 3.63) is 59.7 Å². The summed E-state index contributed by atoms with van der Waals surface area (Å²) in [5.41, 5.74) is 3.56. The summed E-state index contributed by atoms with van der Waals surface area (Å²) in [7, 11) is 4.73. The van der Waals surface area contributed by atoms with Crippen molar-refractivity contribution in [3.63, 3.8) is 0 Å². The molecule has 8 heteroatoms. The zero-order chi connectivity index (χ0) is 22.5. The number of rotatable bonds is 8. The summed E-state index contributed by atoms with van der Waals surface area (Å²) in [6.45, 7) is 0.414. The minimum Gasteiger partial charge on any atom is -0.497 e. The lowest BCUT2D eigenvalue weighted by Crippen LogP contribution is -2.35. The molecule has 1 aliphatic heterocycles. The van der Waals surface area contributed by atoms with Crippen molar-refractivity contribution in [2.24, 2.45) is 0 Å². The SMILES string of the molecule is COc1ccc(OC)c(CC(=O)NC[C@H]2Cc3cc(-c4ccc(OC)nn4)ccc3O2)c1. The number of amides is 1. The van der Waals surface area contributed by atoms with E-state index in [1.807, 2.05) is 24.3 Å². The van der Waals surface area contributed by atoms with E-state index in [9.17, 15) is 4.79 Å². The van der Waals surface area contributed by atoms with Crippen LogP contribution in [-0.2, 0) is 17.6 Å². The predicted molar refractivity (Wildman–Crippen MR) is 118 cm³/mol. The van der Waals surface area contributed by atoms with Crippen LogP contribution in [0.4, 0.5) is 0 Å². The first-order valence-electron chi connectivity index (χ1n) is 10.2. The van der Waals surface area contributed by atoms with Crippen LogP contribution in [-0.4, -0.2) is 50.1 Å². The van der Waals surface area contributed by atoms with Crippen LogP contribution in [0.2, 0.25) is 0 Å². The van der Waals surface area contributed by atoms with E-state index < -0.39 is 0 Å². The Morgan fingerprint density at radius 1 is 1.03 bits per heavy atom. The van der Waals surface area contributed by atoms with Gasteiger partial charge in [0.15, 0.2) is 0 Å². The maximum absolute atomic E-state index is 12.5. The van der Waals surface area contributed by atoms with E-state index in [4.69, 9.17) is 18.9 Å². The minimum absolute atomic E-state index is 0.106. The van der Waals surface area contributed by atoms with Crippen molar-refractivity contribution >= 4 is 5.91 Å². The Labute approximate surface area is 186 Å². The molecule has 0 spiro atoms. The number of fused-ring (bicyclic) bond motifs is 1. The molecule has 1 aliphatic rings. The summed E-state index contributed by atoms with van der Waals surface area (Å²) in [5.74, 6) is 2.52. The monoisotopic (exact) mass is 435 g/mol. The predicted octanol–water partition coefficient (Wildman–Crippen LogP) is 2.83. The van der Waals surface area contributed by atoms with Gasteiger partial charge in [-0.1, -0.05) is 0 Å². The van der Waals surface area contributed by atoms with Crippen molar-refractivity contribution in [3.8, 4) is 34.4 Å². The fourth-order valence-corrected chi connectivity index (χ4v) is 3.66. The van der Waals surface area contributed by atoms with E-state index in [1.165, 1.54) is 0 Å². The van der Waals surface area contributed by atoms with Crippen molar-refractivity contribution in [2.45, 2.75) is 18.9 Å². The highest BCUT2D eigenvalue weighted by Crippen LogP contribution is 2.32. The normalized spacial score (nSPS) is 14.3. The van der Waals surface area contributed by atoms with Crippen molar-refractivity contribution in [1.82, 2.24) is 15.5 Å². The number of nitrogens with one attached hydrogen (secondary N) is 1. The number of hydrogen-bond donors (Lipinski definition) is 1. The molecular formula is C24H25N3O5. The zero-order valence-electron chi connectivity index (χ0n) is 18.3. The molecule has 0 radical (unpaired) electrons. The molecular weight excluding hydrogens is 410 g/mol. The highest BCUT2D eigenvalue weighted by molar-refractivity contribution is 5.79. The Morgan fingerprint density at radius 3 is 2.62 bits per heavy atom. The van der Waals surface area contributed by atoms with E-state index in [1.54, 1.807) is 39.5 Å². The molecule has 1 amide bonds. The van der Waals surface area contributed by atoms with Crippen LogP contribution in [0.1, 0.15) is 11.1 Å². The molecule has 4 rings (SSSR count). The third-order valence-corrected chi connectivity index (χ3v) is 5.31. The van der Waals surface area contributed by atoms with E-state index >= 15 is 0 Å². The highest BCUT2D eigenvalue weighted by Gasteiger charge is 2.24. The van der Waals surface area contributed by atoms with E-state index in [0.29, 0.717) is 30.3 Å². The number of benzene rings is 2. The molecule has 166 valence electrons. The van der Waals surface area contributed by atoms with E-state index in [0.717, 1.165) is 28.1 Å². The summed E-state index contributed by atoms with van der Waals surface area (Å²) in [6.07, 6.45) is 0.772. The molecule has 0 bridgehead atoms. The first-order valence-corrected chi connectivity index (χ1v) is 10.2. The zero-order valence-corrected chi connectivity index (χ0v) is 18.3. The molecule has 32 heavy (non-hydrogen) atoms. The fourth-order valence-electron chi connectivity index (χ4n) is 3.66. The molecule has 0 saturated carbocycles. The van der Waals surface area contributed by atoms with Crippen LogP contribution < -0.4 is 24.3 Å². The van der Waals surface area contributed by atoms with Crippen LogP contribution in [0.25, 0.3) is 11.3 Å². The third kappa shape index (κ3) is 4.74. The number of carbonyl (C=O) groups excluding carboxylic acids is 1. The molecule has 8 nitrogen and oxygen atoms in total. The van der Waals surface area contributed by atoms with Crippen LogP contribution in [0.3, 0.4) is 0 Å². The quantitative estimate of drug-likeness (QED) is 0.582. The van der Waals surface area contributed by atoms with Crippen molar-refractivity contribution < 1.29 is 23.7 Å². The smallest absolute Gasteiger partial charge is 0.233 e. The van der Waals surface area contributed by atoms with Crippen LogP contribution in [0.5, 0.6) is 23.1 Å². The largest absolute Gasteiger partial charge is 0.497 e. The highest BCUT2D eigenvalue weighted by atomic mass is 16.5. The summed E-state index contributed by atoms with van der Waals surface area (Å²) in [5, 5.41) is 11.2. The van der Waals surface area contributed by atoms with Crippen LogP contribution in [0.15, 0.2) is 48.5 Å². The maximum Gasteiger partial charge on any atom is 0.233 e. The van der Waals surface area contributed by atoms with Gasteiger partial charge < -0.3 is 24.3 Å². The standard InChI is InChI=1S/C24H25N3O5/c1-29-18-5-8-21(30-2)17(11-18)13-23(28)25-14-19-12-16-10-15(4-7-22(16)32-19)20-6-9-24(31-3)27-26-20/h4-11,19H,12-14H2,1-3H3,(H,25,28)/t19-/m1/s1. The molecule has 0 saturated heterocycles. The number of hydrogen-bond acceptors (Lipinski definition) is 7. The molecule has 0 aliphatic carbocycles. The molecule has 0 fully saturated rings. The topological polar surface area (TPSA) is 91.8 Å². The second kappa shape index (κ2) is 9.55. The van der Waals surface area contributed by atoms with E-state index in [-0.39, 0.29) is 18.4 Å². The van der Waals surface area contributed by atoms with Gasteiger partial charge in [-0.3, -0.25) is 4.79 Å².